The lowest BCUT2D eigenvalue weighted by Crippen LogP contribution is -2.29. The van der Waals surface area contributed by atoms with Gasteiger partial charge in [-0.1, -0.05) is 36.4 Å². The molecular weight excluding hydrogens is 410 g/mol. The van der Waals surface area contributed by atoms with Crippen LogP contribution in [0.3, 0.4) is 0 Å². The summed E-state index contributed by atoms with van der Waals surface area (Å²) in [5.74, 6) is -0.558. The van der Waals surface area contributed by atoms with Gasteiger partial charge in [0.1, 0.15) is 24.2 Å². The highest BCUT2D eigenvalue weighted by molar-refractivity contribution is 5.95. The highest BCUT2D eigenvalue weighted by Gasteiger charge is 2.22. The van der Waals surface area contributed by atoms with E-state index in [1.165, 1.54) is 14.2 Å². The van der Waals surface area contributed by atoms with Crippen LogP contribution in [0.4, 0.5) is 0 Å². The summed E-state index contributed by atoms with van der Waals surface area (Å²) in [6, 6.07) is 14.0. The fraction of sp³-hybridized carbons (Fsp3) is 0.360. The van der Waals surface area contributed by atoms with Gasteiger partial charge >= 0.3 is 11.9 Å². The summed E-state index contributed by atoms with van der Waals surface area (Å²) < 4.78 is 21.4. The molecule has 32 heavy (non-hydrogen) atoms. The average molecular weight is 442 g/mol. The number of aryl methyl sites for hydroxylation is 2. The predicted molar refractivity (Wildman–Crippen MR) is 121 cm³/mol. The van der Waals surface area contributed by atoms with Crippen LogP contribution in [0.15, 0.2) is 54.2 Å². The molecule has 0 spiro atoms. The molecule has 7 heteroatoms. The zero-order chi connectivity index (χ0) is 23.7. The Balaban J connectivity index is 2.25. The van der Waals surface area contributed by atoms with Gasteiger partial charge in [0.15, 0.2) is 0 Å². The summed E-state index contributed by atoms with van der Waals surface area (Å²) in [5, 5.41) is 0. The van der Waals surface area contributed by atoms with Crippen LogP contribution in [-0.4, -0.2) is 58.4 Å². The van der Waals surface area contributed by atoms with Crippen LogP contribution in [0.1, 0.15) is 28.4 Å². The zero-order valence-corrected chi connectivity index (χ0v) is 19.5. The first-order valence-electron chi connectivity index (χ1n) is 10.2. The lowest BCUT2D eigenvalue weighted by molar-refractivity contribution is -0.139. The van der Waals surface area contributed by atoms with Gasteiger partial charge in [-0.3, -0.25) is 0 Å². The van der Waals surface area contributed by atoms with Crippen molar-refractivity contribution in [1.82, 2.24) is 4.90 Å². The Morgan fingerprint density at radius 2 is 1.72 bits per heavy atom. The molecule has 1 atom stereocenters. The van der Waals surface area contributed by atoms with Gasteiger partial charge < -0.3 is 23.8 Å². The minimum Gasteiger partial charge on any atom is -0.491 e. The number of likely N-dealkylation sites (N-methyl/N-ethyl adjacent to an activating group) is 1. The molecule has 0 aliphatic heterocycles. The molecule has 2 rings (SSSR count). The first-order valence-corrected chi connectivity index (χ1v) is 10.2. The third kappa shape index (κ3) is 6.34. The van der Waals surface area contributed by atoms with Gasteiger partial charge in [-0.15, -0.1) is 0 Å². The summed E-state index contributed by atoms with van der Waals surface area (Å²) in [4.78, 5) is 25.3. The van der Waals surface area contributed by atoms with E-state index in [1.54, 1.807) is 19.1 Å². The minimum atomic E-state index is -0.638. The van der Waals surface area contributed by atoms with E-state index in [0.717, 1.165) is 28.3 Å². The van der Waals surface area contributed by atoms with Crippen LogP contribution >= 0.6 is 0 Å². The van der Waals surface area contributed by atoms with E-state index in [0.29, 0.717) is 12.3 Å². The van der Waals surface area contributed by atoms with E-state index in [4.69, 9.17) is 14.2 Å². The molecule has 0 radical (unpaired) electrons. The van der Waals surface area contributed by atoms with Crippen molar-refractivity contribution in [3.8, 4) is 5.75 Å². The van der Waals surface area contributed by atoms with Crippen LogP contribution in [0.2, 0.25) is 0 Å². The highest BCUT2D eigenvalue weighted by atomic mass is 16.5. The number of hydrogen-bond acceptors (Lipinski definition) is 7. The molecule has 0 fully saturated rings. The monoisotopic (exact) mass is 441 g/mol. The molecule has 2 aromatic rings. The van der Waals surface area contributed by atoms with E-state index in [9.17, 15) is 9.59 Å². The second-order valence-electron chi connectivity index (χ2n) is 7.33. The van der Waals surface area contributed by atoms with Crippen molar-refractivity contribution in [2.45, 2.75) is 20.0 Å². The molecule has 0 saturated heterocycles. The van der Waals surface area contributed by atoms with Crippen molar-refractivity contribution in [2.75, 3.05) is 41.5 Å². The SMILES string of the molecule is COC(=O)C=C(C(=O)OC)N(C)CCOc1cc(C)cc(C)c1C(OC)c1ccccc1. The predicted octanol–water partition coefficient (Wildman–Crippen LogP) is 3.58. The highest BCUT2D eigenvalue weighted by Crippen LogP contribution is 2.36. The number of methoxy groups -OCH3 is 3. The summed E-state index contributed by atoms with van der Waals surface area (Å²) in [7, 11) is 5.86. The maximum absolute atomic E-state index is 12.1. The van der Waals surface area contributed by atoms with Crippen LogP contribution in [-0.2, 0) is 23.8 Å². The third-order valence-electron chi connectivity index (χ3n) is 5.04. The first-order chi connectivity index (χ1) is 15.3. The third-order valence-corrected chi connectivity index (χ3v) is 5.04. The number of carbonyl (C=O) groups excluding carboxylic acids is 2. The Morgan fingerprint density at radius 1 is 1.03 bits per heavy atom. The number of rotatable bonds is 10. The van der Waals surface area contributed by atoms with Gasteiger partial charge in [-0.05, 0) is 36.6 Å². The first kappa shape index (κ1) is 24.9. The Morgan fingerprint density at radius 3 is 2.31 bits per heavy atom. The van der Waals surface area contributed by atoms with Gasteiger partial charge in [0.2, 0.25) is 0 Å². The van der Waals surface area contributed by atoms with Crippen molar-refractivity contribution in [3.63, 3.8) is 0 Å². The van der Waals surface area contributed by atoms with E-state index in [-0.39, 0.29) is 18.4 Å². The van der Waals surface area contributed by atoms with Gasteiger partial charge in [0.25, 0.3) is 0 Å². The maximum atomic E-state index is 12.1. The molecule has 1 unspecified atom stereocenters. The molecule has 172 valence electrons. The molecule has 0 N–H and O–H groups in total. The summed E-state index contributed by atoms with van der Waals surface area (Å²) >= 11 is 0. The standard InChI is InChI=1S/C25H31NO6/c1-17-14-18(2)23(24(30-5)19-10-8-7-9-11-19)21(15-17)32-13-12-26(3)20(25(28)31-6)16-22(27)29-4/h7-11,14-16,24H,12-13H2,1-6H3. The quantitative estimate of drug-likeness (QED) is 0.412. The zero-order valence-electron chi connectivity index (χ0n) is 19.5. The smallest absolute Gasteiger partial charge is 0.354 e. The number of carbonyl (C=O) groups is 2. The number of hydrogen-bond donors (Lipinski definition) is 0. The molecular formula is C25H31NO6. The average Bonchev–Trinajstić information content (AvgIpc) is 2.79. The van der Waals surface area contributed by atoms with Crippen molar-refractivity contribution in [1.29, 1.82) is 0 Å². The number of ether oxygens (including phenoxy) is 4. The summed E-state index contributed by atoms with van der Waals surface area (Å²) in [5.41, 5.74) is 4.19. The number of esters is 2. The van der Waals surface area contributed by atoms with Crippen LogP contribution in [0.5, 0.6) is 5.75 Å². The molecule has 7 nitrogen and oxygen atoms in total. The van der Waals surface area contributed by atoms with E-state index in [2.05, 4.69) is 10.8 Å². The molecule has 0 amide bonds. The number of benzene rings is 2. The van der Waals surface area contributed by atoms with Crippen molar-refractivity contribution in [2.24, 2.45) is 0 Å². The molecule has 0 heterocycles. The summed E-state index contributed by atoms with van der Waals surface area (Å²) in [6.45, 7) is 4.65. The van der Waals surface area contributed by atoms with Gasteiger partial charge in [0.05, 0.1) is 26.8 Å². The van der Waals surface area contributed by atoms with Crippen LogP contribution in [0.25, 0.3) is 0 Å². The van der Waals surface area contributed by atoms with Crippen LogP contribution < -0.4 is 4.74 Å². The van der Waals surface area contributed by atoms with Crippen LogP contribution in [0, 0.1) is 13.8 Å². The minimum absolute atomic E-state index is 0.0858. The maximum Gasteiger partial charge on any atom is 0.354 e. The molecule has 0 aromatic heterocycles. The normalized spacial score (nSPS) is 12.1. The molecule has 0 aliphatic carbocycles. The fourth-order valence-corrected chi connectivity index (χ4v) is 3.46. The Labute approximate surface area is 189 Å². The largest absolute Gasteiger partial charge is 0.491 e. The fourth-order valence-electron chi connectivity index (χ4n) is 3.46. The lowest BCUT2D eigenvalue weighted by Gasteiger charge is -2.24. The Hall–Kier alpha value is -3.32. The second-order valence-corrected chi connectivity index (χ2v) is 7.33. The van der Waals surface area contributed by atoms with Gasteiger partial charge in [-0.25, -0.2) is 9.59 Å². The lowest BCUT2D eigenvalue weighted by atomic mass is 9.95. The van der Waals surface area contributed by atoms with E-state index in [1.807, 2.05) is 50.2 Å². The molecule has 2 aromatic carbocycles. The van der Waals surface area contributed by atoms with Gasteiger partial charge in [0, 0.05) is 19.7 Å². The second kappa shape index (κ2) is 11.9. The summed E-state index contributed by atoms with van der Waals surface area (Å²) in [6.07, 6.45) is 0.819. The Kier molecular flexibility index (Phi) is 9.28. The van der Waals surface area contributed by atoms with Crippen molar-refractivity contribution < 1.29 is 28.5 Å². The molecule has 0 saturated carbocycles. The molecule has 0 aliphatic rings. The van der Waals surface area contributed by atoms with E-state index < -0.39 is 11.9 Å². The van der Waals surface area contributed by atoms with Crippen molar-refractivity contribution in [3.05, 3.63) is 76.5 Å². The Bertz CT molecular complexity index is 954. The van der Waals surface area contributed by atoms with Gasteiger partial charge in [-0.2, -0.15) is 0 Å². The topological polar surface area (TPSA) is 74.3 Å². The van der Waals surface area contributed by atoms with E-state index >= 15 is 0 Å². The van der Waals surface area contributed by atoms with Crippen molar-refractivity contribution >= 4 is 11.9 Å². The molecule has 0 bridgehead atoms. The number of nitrogens with zero attached hydrogens (tertiary/aromatic N) is 1.